The second-order valence-electron chi connectivity index (χ2n) is 3.12. The molecule has 0 spiro atoms. The molecule has 4 nitrogen and oxygen atoms in total. The predicted octanol–water partition coefficient (Wildman–Crippen LogP) is 2.03. The van der Waals surface area contributed by atoms with E-state index in [4.69, 9.17) is 20.2 Å². The van der Waals surface area contributed by atoms with Crippen LogP contribution < -0.4 is 9.47 Å². The highest BCUT2D eigenvalue weighted by atomic mass is 35.7. The molecule has 0 unspecified atom stereocenters. The molecule has 0 saturated heterocycles. The van der Waals surface area contributed by atoms with Gasteiger partial charge >= 0.3 is 0 Å². The summed E-state index contributed by atoms with van der Waals surface area (Å²) in [5, 5.41) is 0. The van der Waals surface area contributed by atoms with E-state index in [-0.39, 0.29) is 5.75 Å². The number of rotatable bonds is 6. The Balaban J connectivity index is 2.37. The van der Waals surface area contributed by atoms with Crippen molar-refractivity contribution in [3.8, 4) is 11.5 Å². The second kappa shape index (κ2) is 5.96. The fourth-order valence-electron chi connectivity index (χ4n) is 1.11. The largest absolute Gasteiger partial charge is 0.497 e. The van der Waals surface area contributed by atoms with Crippen molar-refractivity contribution in [3.63, 3.8) is 0 Å². The van der Waals surface area contributed by atoms with E-state index in [2.05, 4.69) is 0 Å². The van der Waals surface area contributed by atoms with Crippen LogP contribution in [0.3, 0.4) is 0 Å². The van der Waals surface area contributed by atoms with Crippen LogP contribution in [0.5, 0.6) is 11.5 Å². The zero-order valence-corrected chi connectivity index (χ0v) is 10.4. The molecule has 0 N–H and O–H groups in total. The summed E-state index contributed by atoms with van der Waals surface area (Å²) in [6.45, 7) is 0.305. The first-order valence-electron chi connectivity index (χ1n) is 4.70. The van der Waals surface area contributed by atoms with Gasteiger partial charge < -0.3 is 9.47 Å². The maximum absolute atomic E-state index is 10.6. The standard InChI is InChI=1S/C10H13ClO4S/c1-14-9-4-2-5-10(8-9)15-6-3-7-16(11,12)13/h2,4-5,8H,3,6-7H2,1H3. The van der Waals surface area contributed by atoms with Crippen LogP contribution in [0.1, 0.15) is 6.42 Å². The number of hydrogen-bond acceptors (Lipinski definition) is 4. The molecule has 16 heavy (non-hydrogen) atoms. The Labute approximate surface area is 99.6 Å². The molecule has 0 amide bonds. The van der Waals surface area contributed by atoms with Gasteiger partial charge in [-0.25, -0.2) is 8.42 Å². The lowest BCUT2D eigenvalue weighted by Gasteiger charge is -2.06. The van der Waals surface area contributed by atoms with E-state index >= 15 is 0 Å². The Morgan fingerprint density at radius 3 is 2.62 bits per heavy atom. The first kappa shape index (κ1) is 13.1. The molecule has 1 aromatic rings. The Morgan fingerprint density at radius 2 is 2.00 bits per heavy atom. The molecule has 90 valence electrons. The first-order valence-corrected chi connectivity index (χ1v) is 7.18. The van der Waals surface area contributed by atoms with E-state index in [0.29, 0.717) is 24.5 Å². The lowest BCUT2D eigenvalue weighted by Crippen LogP contribution is -2.04. The molecule has 0 aromatic heterocycles. The summed E-state index contributed by atoms with van der Waals surface area (Å²) >= 11 is 0. The van der Waals surface area contributed by atoms with Gasteiger partial charge in [0.1, 0.15) is 11.5 Å². The Morgan fingerprint density at radius 1 is 1.31 bits per heavy atom. The topological polar surface area (TPSA) is 52.6 Å². The number of benzene rings is 1. The molecular weight excluding hydrogens is 252 g/mol. The van der Waals surface area contributed by atoms with Gasteiger partial charge in [0.15, 0.2) is 0 Å². The van der Waals surface area contributed by atoms with Gasteiger partial charge in [-0.2, -0.15) is 0 Å². The van der Waals surface area contributed by atoms with Crippen LogP contribution in [0.15, 0.2) is 24.3 Å². The van der Waals surface area contributed by atoms with Crippen molar-refractivity contribution in [2.45, 2.75) is 6.42 Å². The SMILES string of the molecule is COc1cccc(OCCCS(=O)(=O)Cl)c1. The summed E-state index contributed by atoms with van der Waals surface area (Å²) in [5.74, 6) is 1.26. The van der Waals surface area contributed by atoms with Gasteiger partial charge in [0.05, 0.1) is 19.5 Å². The molecule has 0 aliphatic rings. The quantitative estimate of drug-likeness (QED) is 0.583. The third-order valence-corrected chi connectivity index (χ3v) is 3.08. The van der Waals surface area contributed by atoms with Crippen molar-refractivity contribution in [1.82, 2.24) is 0 Å². The van der Waals surface area contributed by atoms with E-state index in [1.807, 2.05) is 0 Å². The molecule has 1 rings (SSSR count). The normalized spacial score (nSPS) is 11.1. The summed E-state index contributed by atoms with van der Waals surface area (Å²) in [6, 6.07) is 7.11. The minimum absolute atomic E-state index is 0.0848. The van der Waals surface area contributed by atoms with Gasteiger partial charge in [0, 0.05) is 16.7 Å². The van der Waals surface area contributed by atoms with Crippen LogP contribution in [0, 0.1) is 0 Å². The zero-order chi connectivity index (χ0) is 12.0. The summed E-state index contributed by atoms with van der Waals surface area (Å²) in [5.41, 5.74) is 0. The molecule has 0 aliphatic heterocycles. The molecule has 0 heterocycles. The van der Waals surface area contributed by atoms with Crippen LogP contribution in [0.2, 0.25) is 0 Å². The average molecular weight is 265 g/mol. The molecule has 0 atom stereocenters. The van der Waals surface area contributed by atoms with Gasteiger partial charge in [-0.3, -0.25) is 0 Å². The van der Waals surface area contributed by atoms with Gasteiger partial charge in [0.25, 0.3) is 0 Å². The molecule has 0 radical (unpaired) electrons. The molecule has 1 aromatic carbocycles. The maximum Gasteiger partial charge on any atom is 0.232 e. The van der Waals surface area contributed by atoms with Crippen LogP contribution >= 0.6 is 10.7 Å². The molecule has 6 heteroatoms. The van der Waals surface area contributed by atoms with E-state index < -0.39 is 9.05 Å². The smallest absolute Gasteiger partial charge is 0.232 e. The van der Waals surface area contributed by atoms with Crippen molar-refractivity contribution in [2.75, 3.05) is 19.5 Å². The van der Waals surface area contributed by atoms with Gasteiger partial charge in [-0.15, -0.1) is 0 Å². The number of ether oxygens (including phenoxy) is 2. The van der Waals surface area contributed by atoms with Gasteiger partial charge in [-0.05, 0) is 18.6 Å². The number of hydrogen-bond donors (Lipinski definition) is 0. The third-order valence-electron chi connectivity index (χ3n) is 1.84. The molecular formula is C10H13ClO4S. The van der Waals surface area contributed by atoms with Crippen molar-refractivity contribution < 1.29 is 17.9 Å². The Hall–Kier alpha value is -0.940. The van der Waals surface area contributed by atoms with E-state index in [0.717, 1.165) is 0 Å². The molecule has 0 bridgehead atoms. The fourth-order valence-corrected chi connectivity index (χ4v) is 1.90. The molecule has 0 fully saturated rings. The summed E-state index contributed by atoms with van der Waals surface area (Å²) in [4.78, 5) is 0. The summed E-state index contributed by atoms with van der Waals surface area (Å²) in [6.07, 6.45) is 0.364. The minimum Gasteiger partial charge on any atom is -0.497 e. The molecule has 0 aliphatic carbocycles. The third kappa shape index (κ3) is 5.23. The lowest BCUT2D eigenvalue weighted by molar-refractivity contribution is 0.315. The Bertz CT molecular complexity index is 430. The van der Waals surface area contributed by atoms with Crippen molar-refractivity contribution >= 4 is 19.7 Å². The van der Waals surface area contributed by atoms with Crippen LogP contribution in [-0.2, 0) is 9.05 Å². The minimum atomic E-state index is -3.42. The maximum atomic E-state index is 10.6. The van der Waals surface area contributed by atoms with Gasteiger partial charge in [-0.1, -0.05) is 6.07 Å². The van der Waals surface area contributed by atoms with Crippen LogP contribution in [-0.4, -0.2) is 27.9 Å². The van der Waals surface area contributed by atoms with Crippen molar-refractivity contribution in [1.29, 1.82) is 0 Å². The van der Waals surface area contributed by atoms with Crippen molar-refractivity contribution in [3.05, 3.63) is 24.3 Å². The lowest BCUT2D eigenvalue weighted by atomic mass is 10.3. The van der Waals surface area contributed by atoms with Crippen LogP contribution in [0.25, 0.3) is 0 Å². The highest BCUT2D eigenvalue weighted by molar-refractivity contribution is 8.13. The Kier molecular flexibility index (Phi) is 4.89. The van der Waals surface area contributed by atoms with E-state index in [1.165, 1.54) is 0 Å². The average Bonchev–Trinajstić information content (AvgIpc) is 2.23. The highest BCUT2D eigenvalue weighted by Crippen LogP contribution is 2.18. The highest BCUT2D eigenvalue weighted by Gasteiger charge is 2.04. The molecule has 0 saturated carbocycles. The summed E-state index contributed by atoms with van der Waals surface area (Å²) < 4.78 is 31.6. The van der Waals surface area contributed by atoms with E-state index in [9.17, 15) is 8.42 Å². The van der Waals surface area contributed by atoms with Crippen LogP contribution in [0.4, 0.5) is 0 Å². The monoisotopic (exact) mass is 264 g/mol. The zero-order valence-electron chi connectivity index (χ0n) is 8.85. The summed E-state index contributed by atoms with van der Waals surface area (Å²) in [7, 11) is 3.20. The van der Waals surface area contributed by atoms with E-state index in [1.54, 1.807) is 31.4 Å². The second-order valence-corrected chi connectivity index (χ2v) is 6.02. The first-order chi connectivity index (χ1) is 7.51. The van der Waals surface area contributed by atoms with Gasteiger partial charge in [0.2, 0.25) is 9.05 Å². The predicted molar refractivity (Wildman–Crippen MR) is 62.7 cm³/mol. The number of methoxy groups -OCH3 is 1. The fraction of sp³-hybridized carbons (Fsp3) is 0.400. The number of halogens is 1. The van der Waals surface area contributed by atoms with Crippen molar-refractivity contribution in [2.24, 2.45) is 0 Å².